The Morgan fingerprint density at radius 2 is 1.89 bits per heavy atom. The van der Waals surface area contributed by atoms with E-state index in [1.165, 1.54) is 29.5 Å². The lowest BCUT2D eigenvalue weighted by Gasteiger charge is -2.30. The number of fused-ring (bicyclic) bond motifs is 1. The van der Waals surface area contributed by atoms with Gasteiger partial charge in [0, 0.05) is 18.8 Å². The van der Waals surface area contributed by atoms with E-state index in [2.05, 4.69) is 20.4 Å². The van der Waals surface area contributed by atoms with E-state index in [4.69, 9.17) is 0 Å². The van der Waals surface area contributed by atoms with Gasteiger partial charge in [0.25, 0.3) is 5.91 Å². The number of nitrogens with one attached hydrogen (secondary N) is 1. The van der Waals surface area contributed by atoms with Crippen LogP contribution in [0.25, 0.3) is 0 Å². The molecule has 1 aromatic heterocycles. The van der Waals surface area contributed by atoms with Gasteiger partial charge in [-0.2, -0.15) is 0 Å². The molecule has 28 heavy (non-hydrogen) atoms. The van der Waals surface area contributed by atoms with Gasteiger partial charge in [-0.05, 0) is 54.3 Å². The van der Waals surface area contributed by atoms with E-state index in [1.54, 1.807) is 24.3 Å². The second kappa shape index (κ2) is 8.02. The number of rotatable bonds is 5. The third kappa shape index (κ3) is 4.17. The first-order chi connectivity index (χ1) is 13.6. The number of hydrogen-bond acceptors (Lipinski definition) is 5. The van der Waals surface area contributed by atoms with Gasteiger partial charge in [-0.1, -0.05) is 23.5 Å². The lowest BCUT2D eigenvalue weighted by atomic mass is 10.0. The summed E-state index contributed by atoms with van der Waals surface area (Å²) in [5.41, 5.74) is 2.80. The molecule has 2 heterocycles. The molecule has 0 fully saturated rings. The summed E-state index contributed by atoms with van der Waals surface area (Å²) in [6.07, 6.45) is 1.80. The minimum atomic E-state index is -0.314. The number of aromatic nitrogens is 2. The lowest BCUT2D eigenvalue weighted by Crippen LogP contribution is -2.28. The third-order valence-electron chi connectivity index (χ3n) is 4.61. The topological polar surface area (TPSA) is 58.1 Å². The van der Waals surface area contributed by atoms with Gasteiger partial charge in [-0.25, -0.2) is 8.78 Å². The Hall–Kier alpha value is -2.87. The van der Waals surface area contributed by atoms with Crippen LogP contribution >= 0.6 is 11.3 Å². The number of benzene rings is 2. The normalized spacial score (nSPS) is 13.3. The predicted molar refractivity (Wildman–Crippen MR) is 103 cm³/mol. The maximum absolute atomic E-state index is 13.5. The Labute approximate surface area is 165 Å². The van der Waals surface area contributed by atoms with E-state index in [9.17, 15) is 13.6 Å². The highest BCUT2D eigenvalue weighted by atomic mass is 32.1. The van der Waals surface area contributed by atoms with Gasteiger partial charge in [-0.15, -0.1) is 10.2 Å². The molecule has 0 bridgehead atoms. The van der Waals surface area contributed by atoms with Crippen LogP contribution in [0.1, 0.15) is 32.4 Å². The maximum atomic E-state index is 13.5. The number of nitrogens with zero attached hydrogens (tertiary/aromatic N) is 3. The maximum Gasteiger partial charge on any atom is 0.282 e. The highest BCUT2D eigenvalue weighted by molar-refractivity contribution is 7.13. The van der Waals surface area contributed by atoms with Crippen molar-refractivity contribution in [3.8, 4) is 0 Å². The lowest BCUT2D eigenvalue weighted by molar-refractivity contribution is 0.0950. The fourth-order valence-electron chi connectivity index (χ4n) is 3.24. The Morgan fingerprint density at radius 1 is 1.11 bits per heavy atom. The molecule has 5 nitrogen and oxygen atoms in total. The van der Waals surface area contributed by atoms with Crippen molar-refractivity contribution in [3.05, 3.63) is 75.2 Å². The van der Waals surface area contributed by atoms with Crippen LogP contribution in [-0.2, 0) is 19.5 Å². The summed E-state index contributed by atoms with van der Waals surface area (Å²) in [5, 5.41) is 11.9. The highest BCUT2D eigenvalue weighted by Crippen LogP contribution is 2.29. The van der Waals surface area contributed by atoms with Crippen molar-refractivity contribution in [3.63, 3.8) is 0 Å². The van der Waals surface area contributed by atoms with E-state index in [0.717, 1.165) is 41.2 Å². The average molecular weight is 400 g/mol. The molecule has 1 amide bonds. The summed E-state index contributed by atoms with van der Waals surface area (Å²) in [6.45, 7) is 1.67. The molecule has 144 valence electrons. The number of carbonyl (C=O) groups excluding carboxylic acids is 1. The van der Waals surface area contributed by atoms with Gasteiger partial charge in [-0.3, -0.25) is 4.79 Å². The van der Waals surface area contributed by atoms with Gasteiger partial charge < -0.3 is 10.2 Å². The van der Waals surface area contributed by atoms with E-state index in [1.807, 2.05) is 0 Å². The minimum absolute atomic E-state index is 0.225. The molecule has 0 spiro atoms. The molecule has 4 rings (SSSR count). The van der Waals surface area contributed by atoms with Crippen LogP contribution in [-0.4, -0.2) is 22.6 Å². The van der Waals surface area contributed by atoms with Gasteiger partial charge in [0.2, 0.25) is 5.01 Å². The van der Waals surface area contributed by atoms with Crippen molar-refractivity contribution in [1.82, 2.24) is 15.5 Å². The zero-order chi connectivity index (χ0) is 19.5. The van der Waals surface area contributed by atoms with Crippen LogP contribution in [0.5, 0.6) is 0 Å². The summed E-state index contributed by atoms with van der Waals surface area (Å²) in [6, 6.07) is 10.8. The molecule has 0 aliphatic carbocycles. The Morgan fingerprint density at radius 3 is 2.71 bits per heavy atom. The van der Waals surface area contributed by atoms with Crippen LogP contribution in [0.15, 0.2) is 42.5 Å². The Balaban J connectivity index is 1.39. The quantitative estimate of drug-likeness (QED) is 0.710. The molecule has 0 atom stereocenters. The zero-order valence-corrected chi connectivity index (χ0v) is 15.8. The second-order valence-corrected chi connectivity index (χ2v) is 7.67. The van der Waals surface area contributed by atoms with E-state index in [-0.39, 0.29) is 22.5 Å². The van der Waals surface area contributed by atoms with Crippen molar-refractivity contribution in [2.24, 2.45) is 0 Å². The largest absolute Gasteiger partial charge is 0.364 e. The first kappa shape index (κ1) is 18.5. The molecule has 1 N–H and O–H groups in total. The summed E-state index contributed by atoms with van der Waals surface area (Å²) in [4.78, 5) is 14.4. The highest BCUT2D eigenvalue weighted by Gasteiger charge is 2.20. The molecule has 1 aliphatic heterocycles. The summed E-state index contributed by atoms with van der Waals surface area (Å²) in [5.74, 6) is -0.850. The van der Waals surface area contributed by atoms with E-state index >= 15 is 0 Å². The van der Waals surface area contributed by atoms with Crippen molar-refractivity contribution in [1.29, 1.82) is 0 Å². The minimum Gasteiger partial charge on any atom is -0.364 e. The molecule has 0 unspecified atom stereocenters. The molecule has 1 aliphatic rings. The summed E-state index contributed by atoms with van der Waals surface area (Å²) < 4.78 is 26.4. The average Bonchev–Trinajstić information content (AvgIpc) is 3.16. The molecular formula is C20H18F2N4OS. The molecule has 0 saturated carbocycles. The first-order valence-corrected chi connectivity index (χ1v) is 9.78. The fraction of sp³-hybridized carbons (Fsp3) is 0.250. The van der Waals surface area contributed by atoms with E-state index < -0.39 is 0 Å². The summed E-state index contributed by atoms with van der Waals surface area (Å²) in [7, 11) is 0. The van der Waals surface area contributed by atoms with Crippen molar-refractivity contribution in [2.75, 3.05) is 11.4 Å². The van der Waals surface area contributed by atoms with Gasteiger partial charge in [0.1, 0.15) is 16.6 Å². The summed E-state index contributed by atoms with van der Waals surface area (Å²) >= 11 is 1.24. The second-order valence-electron chi connectivity index (χ2n) is 6.61. The fourth-order valence-corrected chi connectivity index (χ4v) is 4.01. The number of anilines is 1. The molecule has 2 aromatic carbocycles. The van der Waals surface area contributed by atoms with Crippen molar-refractivity contribution >= 4 is 22.9 Å². The van der Waals surface area contributed by atoms with Crippen LogP contribution < -0.4 is 10.2 Å². The van der Waals surface area contributed by atoms with E-state index in [0.29, 0.717) is 13.1 Å². The number of hydrogen-bond donors (Lipinski definition) is 1. The van der Waals surface area contributed by atoms with Crippen LogP contribution in [0, 0.1) is 11.6 Å². The number of halogens is 2. The SMILES string of the molecule is O=C(NCc1ccc(F)cc1)c1nnc(CN2CCCc3cc(F)ccc32)s1. The number of aryl methyl sites for hydroxylation is 1. The van der Waals surface area contributed by atoms with Crippen LogP contribution in [0.4, 0.5) is 14.5 Å². The van der Waals surface area contributed by atoms with Gasteiger partial charge >= 0.3 is 0 Å². The Bertz CT molecular complexity index is 990. The van der Waals surface area contributed by atoms with Crippen LogP contribution in [0.3, 0.4) is 0 Å². The molecule has 3 aromatic rings. The number of carbonyl (C=O) groups is 1. The molecular weight excluding hydrogens is 382 g/mol. The monoisotopic (exact) mass is 400 g/mol. The van der Waals surface area contributed by atoms with Crippen molar-refractivity contribution < 1.29 is 13.6 Å². The van der Waals surface area contributed by atoms with Crippen LogP contribution in [0.2, 0.25) is 0 Å². The van der Waals surface area contributed by atoms with Gasteiger partial charge in [0.05, 0.1) is 6.54 Å². The zero-order valence-electron chi connectivity index (χ0n) is 15.0. The molecule has 0 radical (unpaired) electrons. The predicted octanol–water partition coefficient (Wildman–Crippen LogP) is 3.70. The van der Waals surface area contributed by atoms with Gasteiger partial charge in [0.15, 0.2) is 0 Å². The first-order valence-electron chi connectivity index (χ1n) is 8.97. The number of amides is 1. The smallest absolute Gasteiger partial charge is 0.282 e. The standard InChI is InChI=1S/C20H18F2N4OS/c21-15-5-3-13(4-6-15)11-23-19(27)20-25-24-18(28-20)12-26-9-1-2-14-10-16(22)7-8-17(14)26/h3-8,10H,1-2,9,11-12H2,(H,23,27). The Kier molecular flexibility index (Phi) is 5.29. The van der Waals surface area contributed by atoms with Crippen molar-refractivity contribution in [2.45, 2.75) is 25.9 Å². The molecule has 0 saturated heterocycles. The third-order valence-corrected chi connectivity index (χ3v) is 5.52. The molecule has 8 heteroatoms.